The van der Waals surface area contributed by atoms with Crippen LogP contribution in [0.1, 0.15) is 58.3 Å². The Morgan fingerprint density at radius 1 is 0.587 bits per heavy atom. The predicted molar refractivity (Wildman–Crippen MR) is 177 cm³/mol. The van der Waals surface area contributed by atoms with Crippen LogP contribution in [0, 0.1) is 11.8 Å². The molecule has 7 nitrogen and oxygen atoms in total. The van der Waals surface area contributed by atoms with Crippen molar-refractivity contribution in [3.8, 4) is 0 Å². The standard InChI is InChI=1S/C39H42N2O5/c42-31(21-29(19-25-11-3-1-4-12-25)38(45)40-36-32-17-9-7-15-27(32)23-34(36)43)22-30(20-26-13-5-2-6-14-26)39(46)41-37-33-18-10-8-16-28(33)24-35(37)44/h1-18,29-31,34-37,42-44H,19-24H2,(H,40,45)(H,41,46)/t29-,30-,31?,34?,35?,36?,37?/m1/s1. The van der Waals surface area contributed by atoms with E-state index >= 15 is 0 Å². The summed E-state index contributed by atoms with van der Waals surface area (Å²) in [6.07, 6.45) is -0.314. The molecule has 0 aromatic heterocycles. The maximum atomic E-state index is 13.8. The Kier molecular flexibility index (Phi) is 9.93. The minimum atomic E-state index is -0.944. The van der Waals surface area contributed by atoms with Gasteiger partial charge in [0.1, 0.15) is 0 Å². The Hall–Kier alpha value is -4.30. The molecule has 0 bridgehead atoms. The van der Waals surface area contributed by atoms with Crippen molar-refractivity contribution in [2.24, 2.45) is 11.8 Å². The fourth-order valence-corrected chi connectivity index (χ4v) is 7.15. The largest absolute Gasteiger partial charge is 0.393 e. The Bertz CT molecular complexity index is 1510. The molecular formula is C39H42N2O5. The average molecular weight is 619 g/mol. The minimum Gasteiger partial charge on any atom is -0.393 e. The number of aliphatic hydroxyl groups is 3. The van der Waals surface area contributed by atoms with E-state index in [1.54, 1.807) is 0 Å². The number of carbonyl (C=O) groups is 2. The van der Waals surface area contributed by atoms with Crippen LogP contribution in [0.4, 0.5) is 0 Å². The van der Waals surface area contributed by atoms with Gasteiger partial charge in [-0.1, -0.05) is 109 Å². The summed E-state index contributed by atoms with van der Waals surface area (Å²) in [7, 11) is 0. The molecule has 0 aliphatic heterocycles. The SMILES string of the molecule is O=C(NC1c2ccccc2CC1O)[C@H](Cc1ccccc1)CC(O)C[C@@H](Cc1ccccc1)C(=O)NC1c2ccccc2CC1O. The molecule has 0 spiro atoms. The summed E-state index contributed by atoms with van der Waals surface area (Å²) in [6.45, 7) is 0. The Morgan fingerprint density at radius 2 is 0.957 bits per heavy atom. The normalized spacial score (nSPS) is 21.9. The summed E-state index contributed by atoms with van der Waals surface area (Å²) in [6, 6.07) is 33.8. The predicted octanol–water partition coefficient (Wildman–Crippen LogP) is 4.39. The Labute approximate surface area is 270 Å². The lowest BCUT2D eigenvalue weighted by atomic mass is 9.86. The highest BCUT2D eigenvalue weighted by atomic mass is 16.3. The van der Waals surface area contributed by atoms with Gasteiger partial charge in [0.05, 0.1) is 30.4 Å². The van der Waals surface area contributed by atoms with E-state index in [1.165, 1.54) is 0 Å². The first-order valence-electron chi connectivity index (χ1n) is 16.2. The van der Waals surface area contributed by atoms with Gasteiger partial charge in [-0.15, -0.1) is 0 Å². The van der Waals surface area contributed by atoms with E-state index in [-0.39, 0.29) is 24.7 Å². The molecule has 46 heavy (non-hydrogen) atoms. The molecule has 2 amide bonds. The number of fused-ring (bicyclic) bond motifs is 2. The summed E-state index contributed by atoms with van der Waals surface area (Å²) < 4.78 is 0. The Balaban J connectivity index is 1.19. The lowest BCUT2D eigenvalue weighted by molar-refractivity contribution is -0.128. The number of rotatable bonds is 12. The van der Waals surface area contributed by atoms with E-state index in [4.69, 9.17) is 0 Å². The molecule has 4 aromatic rings. The molecule has 7 heteroatoms. The summed E-state index contributed by atoms with van der Waals surface area (Å²) in [5.41, 5.74) is 5.80. The van der Waals surface area contributed by atoms with Gasteiger partial charge in [0.2, 0.25) is 11.8 Å². The van der Waals surface area contributed by atoms with Gasteiger partial charge in [0, 0.05) is 24.7 Å². The van der Waals surface area contributed by atoms with E-state index in [2.05, 4.69) is 10.6 Å². The van der Waals surface area contributed by atoms with Gasteiger partial charge >= 0.3 is 0 Å². The van der Waals surface area contributed by atoms with Crippen molar-refractivity contribution in [1.82, 2.24) is 10.6 Å². The molecule has 0 saturated heterocycles. The molecule has 5 N–H and O–H groups in total. The number of carbonyl (C=O) groups excluding carboxylic acids is 2. The highest BCUT2D eigenvalue weighted by Crippen LogP contribution is 2.34. The fourth-order valence-electron chi connectivity index (χ4n) is 7.15. The second-order valence-electron chi connectivity index (χ2n) is 12.8. The molecule has 6 atom stereocenters. The van der Waals surface area contributed by atoms with Crippen molar-refractivity contribution in [1.29, 1.82) is 0 Å². The first-order chi connectivity index (χ1) is 22.4. The van der Waals surface area contributed by atoms with Crippen LogP contribution in [0.15, 0.2) is 109 Å². The van der Waals surface area contributed by atoms with Gasteiger partial charge in [-0.3, -0.25) is 9.59 Å². The number of hydrogen-bond donors (Lipinski definition) is 5. The van der Waals surface area contributed by atoms with Crippen LogP contribution < -0.4 is 10.6 Å². The molecule has 0 radical (unpaired) electrons. The van der Waals surface area contributed by atoms with Crippen LogP contribution in [-0.4, -0.2) is 45.4 Å². The third-order valence-corrected chi connectivity index (χ3v) is 9.51. The quantitative estimate of drug-likeness (QED) is 0.161. The number of amides is 2. The number of aliphatic hydroxyl groups excluding tert-OH is 3. The third-order valence-electron chi connectivity index (χ3n) is 9.51. The zero-order valence-electron chi connectivity index (χ0n) is 25.8. The van der Waals surface area contributed by atoms with Gasteiger partial charge in [-0.2, -0.15) is 0 Å². The number of nitrogens with one attached hydrogen (secondary N) is 2. The molecule has 6 rings (SSSR count). The van der Waals surface area contributed by atoms with Crippen LogP contribution >= 0.6 is 0 Å². The van der Waals surface area contributed by atoms with E-state index in [1.807, 2.05) is 109 Å². The van der Waals surface area contributed by atoms with E-state index in [9.17, 15) is 24.9 Å². The van der Waals surface area contributed by atoms with Crippen LogP contribution in [-0.2, 0) is 35.3 Å². The average Bonchev–Trinajstić information content (AvgIpc) is 3.55. The minimum absolute atomic E-state index is 0.151. The van der Waals surface area contributed by atoms with Crippen molar-refractivity contribution >= 4 is 11.8 Å². The van der Waals surface area contributed by atoms with Crippen molar-refractivity contribution in [2.45, 2.75) is 68.9 Å². The fraction of sp³-hybridized carbons (Fsp3) is 0.333. The molecule has 2 aliphatic rings. The van der Waals surface area contributed by atoms with E-state index in [0.717, 1.165) is 33.4 Å². The van der Waals surface area contributed by atoms with Crippen LogP contribution in [0.3, 0.4) is 0 Å². The first-order valence-corrected chi connectivity index (χ1v) is 16.2. The molecule has 0 saturated carbocycles. The molecule has 4 unspecified atom stereocenters. The lowest BCUT2D eigenvalue weighted by Crippen LogP contribution is -2.41. The second kappa shape index (κ2) is 14.4. The molecule has 4 aromatic carbocycles. The molecular weight excluding hydrogens is 576 g/mol. The van der Waals surface area contributed by atoms with Gasteiger partial charge < -0.3 is 26.0 Å². The first kappa shape index (κ1) is 31.7. The smallest absolute Gasteiger partial charge is 0.224 e. The number of benzene rings is 4. The summed E-state index contributed by atoms with van der Waals surface area (Å²) in [5.74, 6) is -1.64. The van der Waals surface area contributed by atoms with Crippen molar-refractivity contribution in [3.63, 3.8) is 0 Å². The summed E-state index contributed by atoms with van der Waals surface area (Å²) in [4.78, 5) is 27.7. The summed E-state index contributed by atoms with van der Waals surface area (Å²) >= 11 is 0. The number of hydrogen-bond acceptors (Lipinski definition) is 5. The highest BCUT2D eigenvalue weighted by molar-refractivity contribution is 5.81. The zero-order chi connectivity index (χ0) is 32.0. The lowest BCUT2D eigenvalue weighted by Gasteiger charge is -2.27. The van der Waals surface area contributed by atoms with Gasteiger partial charge in [0.25, 0.3) is 0 Å². The van der Waals surface area contributed by atoms with Gasteiger partial charge in [-0.05, 0) is 59.1 Å². The summed E-state index contributed by atoms with van der Waals surface area (Å²) in [5, 5.41) is 39.3. The molecule has 0 heterocycles. The van der Waals surface area contributed by atoms with E-state index in [0.29, 0.717) is 25.7 Å². The van der Waals surface area contributed by atoms with Gasteiger partial charge in [0.15, 0.2) is 0 Å². The van der Waals surface area contributed by atoms with Crippen LogP contribution in [0.25, 0.3) is 0 Å². The van der Waals surface area contributed by atoms with Crippen molar-refractivity contribution < 1.29 is 24.9 Å². The zero-order valence-corrected chi connectivity index (χ0v) is 25.8. The van der Waals surface area contributed by atoms with Crippen LogP contribution in [0.5, 0.6) is 0 Å². The maximum Gasteiger partial charge on any atom is 0.224 e. The molecule has 0 fully saturated rings. The van der Waals surface area contributed by atoms with E-state index < -0.39 is 42.2 Å². The third kappa shape index (κ3) is 7.39. The highest BCUT2D eigenvalue weighted by Gasteiger charge is 2.36. The topological polar surface area (TPSA) is 119 Å². The van der Waals surface area contributed by atoms with Crippen molar-refractivity contribution in [2.75, 3.05) is 0 Å². The monoisotopic (exact) mass is 618 g/mol. The molecule has 238 valence electrons. The Morgan fingerprint density at radius 3 is 1.37 bits per heavy atom. The van der Waals surface area contributed by atoms with Crippen molar-refractivity contribution in [3.05, 3.63) is 143 Å². The molecule has 2 aliphatic carbocycles. The van der Waals surface area contributed by atoms with Crippen LogP contribution in [0.2, 0.25) is 0 Å². The maximum absolute atomic E-state index is 13.8. The van der Waals surface area contributed by atoms with Gasteiger partial charge in [-0.25, -0.2) is 0 Å². The second-order valence-corrected chi connectivity index (χ2v) is 12.8.